The molecule has 0 aromatic rings. The summed E-state index contributed by atoms with van der Waals surface area (Å²) in [6, 6.07) is 0. The Morgan fingerprint density at radius 1 is 0.419 bits per heavy atom. The van der Waals surface area contributed by atoms with Gasteiger partial charge in [-0.3, -0.25) is 9.59 Å². The van der Waals surface area contributed by atoms with Crippen molar-refractivity contribution in [3.05, 3.63) is 12.2 Å². The molecule has 2 heterocycles. The summed E-state index contributed by atoms with van der Waals surface area (Å²) in [6.07, 6.45) is 32.3. The molecule has 11 atom stereocenters. The van der Waals surface area contributed by atoms with Crippen LogP contribution in [0.25, 0.3) is 0 Å². The molecule has 2 rings (SSSR count). The Morgan fingerprint density at radius 2 is 0.770 bits per heavy atom. The SMILES string of the molecule is CCCCCCCC/C=C/CCCCCCCCCCCC(=O)OC[C@@H](CO[C@@H]1O[C@H](CO[C@@H]2O[C@H](CO)[C@H](O)C(O)C2O)[C@H](O)C(O)C1O)OC(=O)CCCCCCCCCCCCCCCCCCCCC. The van der Waals surface area contributed by atoms with Crippen LogP contribution in [0.2, 0.25) is 0 Å². The molecule has 2 aliphatic heterocycles. The molecule has 2 saturated heterocycles. The quantitative estimate of drug-likeness (QED) is 0.0171. The largest absolute Gasteiger partial charge is 0.462 e. The second-order valence-corrected chi connectivity index (χ2v) is 21.5. The number of hydrogen-bond donors (Lipinski definition) is 7. The maximum Gasteiger partial charge on any atom is 0.306 e. The van der Waals surface area contributed by atoms with Crippen LogP contribution >= 0.6 is 0 Å². The summed E-state index contributed by atoms with van der Waals surface area (Å²) in [7, 11) is 0. The first-order valence-electron chi connectivity index (χ1n) is 30.3. The zero-order valence-corrected chi connectivity index (χ0v) is 46.6. The van der Waals surface area contributed by atoms with E-state index in [0.29, 0.717) is 12.8 Å². The number of rotatable bonds is 49. The molecule has 2 fully saturated rings. The summed E-state index contributed by atoms with van der Waals surface area (Å²) < 4.78 is 33.7. The van der Waals surface area contributed by atoms with E-state index in [-0.39, 0.29) is 26.1 Å². The van der Waals surface area contributed by atoms with Crippen LogP contribution < -0.4 is 0 Å². The topological polar surface area (TPSA) is 231 Å². The molecule has 0 aromatic heterocycles. The molecule has 0 aliphatic carbocycles. The maximum atomic E-state index is 13.1. The van der Waals surface area contributed by atoms with E-state index >= 15 is 0 Å². The number of carbonyl (C=O) groups is 2. The molecule has 74 heavy (non-hydrogen) atoms. The predicted molar refractivity (Wildman–Crippen MR) is 289 cm³/mol. The molecule has 4 unspecified atom stereocenters. The average molecular weight is 1060 g/mol. The van der Waals surface area contributed by atoms with E-state index in [4.69, 9.17) is 28.4 Å². The van der Waals surface area contributed by atoms with Crippen molar-refractivity contribution in [2.45, 2.75) is 325 Å². The molecular weight excluding hydrogens is 949 g/mol. The minimum atomic E-state index is -1.76. The fraction of sp³-hybridized carbons (Fsp3) is 0.932. The highest BCUT2D eigenvalue weighted by Gasteiger charge is 2.47. The number of carbonyl (C=O) groups excluding carboxylic acids is 2. The van der Waals surface area contributed by atoms with Crippen LogP contribution in [0.3, 0.4) is 0 Å². The molecule has 0 spiro atoms. The number of aliphatic hydroxyl groups excluding tert-OH is 7. The minimum Gasteiger partial charge on any atom is -0.462 e. The Bertz CT molecular complexity index is 1340. The molecule has 436 valence electrons. The van der Waals surface area contributed by atoms with E-state index < -0.39 is 92.7 Å². The number of esters is 2. The van der Waals surface area contributed by atoms with Gasteiger partial charge in [-0.05, 0) is 38.5 Å². The fourth-order valence-electron chi connectivity index (χ4n) is 9.80. The lowest BCUT2D eigenvalue weighted by Crippen LogP contribution is -2.61. The number of ether oxygens (including phenoxy) is 6. The average Bonchev–Trinajstić information content (AvgIpc) is 3.39. The second-order valence-electron chi connectivity index (χ2n) is 21.5. The lowest BCUT2D eigenvalue weighted by molar-refractivity contribution is -0.332. The monoisotopic (exact) mass is 1060 g/mol. The van der Waals surface area contributed by atoms with E-state index in [1.54, 1.807) is 0 Å². The molecule has 15 nitrogen and oxygen atoms in total. The Labute approximate surface area is 448 Å². The minimum absolute atomic E-state index is 0.171. The Kier molecular flexibility index (Phi) is 42.7. The predicted octanol–water partition coefficient (Wildman–Crippen LogP) is 10.5. The Hall–Kier alpha value is -1.76. The van der Waals surface area contributed by atoms with Crippen LogP contribution in [0.4, 0.5) is 0 Å². The van der Waals surface area contributed by atoms with Crippen LogP contribution in [-0.2, 0) is 38.0 Å². The molecule has 0 saturated carbocycles. The summed E-state index contributed by atoms with van der Waals surface area (Å²) in [5.74, 6) is -0.910. The molecule has 0 bridgehead atoms. The Balaban J connectivity index is 1.73. The highest BCUT2D eigenvalue weighted by atomic mass is 16.7. The molecule has 0 aromatic carbocycles. The normalized spacial score (nSPS) is 24.7. The zero-order chi connectivity index (χ0) is 53.9. The highest BCUT2D eigenvalue weighted by molar-refractivity contribution is 5.70. The summed E-state index contributed by atoms with van der Waals surface area (Å²) >= 11 is 0. The molecular formula is C59H110O15. The highest BCUT2D eigenvalue weighted by Crippen LogP contribution is 2.27. The van der Waals surface area contributed by atoms with Crippen LogP contribution in [-0.4, -0.2) is 142 Å². The molecule has 15 heteroatoms. The van der Waals surface area contributed by atoms with Gasteiger partial charge in [0.1, 0.15) is 55.4 Å². The third kappa shape index (κ3) is 32.9. The van der Waals surface area contributed by atoms with Gasteiger partial charge in [-0.1, -0.05) is 219 Å². The first kappa shape index (κ1) is 68.3. The summed E-state index contributed by atoms with van der Waals surface area (Å²) in [5.41, 5.74) is 0. The van der Waals surface area contributed by atoms with Crippen molar-refractivity contribution >= 4 is 11.9 Å². The van der Waals surface area contributed by atoms with Crippen LogP contribution in [0, 0.1) is 0 Å². The van der Waals surface area contributed by atoms with Gasteiger partial charge in [0.25, 0.3) is 0 Å². The third-order valence-electron chi connectivity index (χ3n) is 14.7. The number of aliphatic hydroxyl groups is 7. The summed E-state index contributed by atoms with van der Waals surface area (Å²) in [5, 5.41) is 72.3. The van der Waals surface area contributed by atoms with Crippen LogP contribution in [0.1, 0.15) is 258 Å². The van der Waals surface area contributed by atoms with Gasteiger partial charge in [-0.15, -0.1) is 0 Å². The molecule has 2 aliphatic rings. The van der Waals surface area contributed by atoms with Crippen LogP contribution in [0.5, 0.6) is 0 Å². The van der Waals surface area contributed by atoms with Crippen molar-refractivity contribution in [3.8, 4) is 0 Å². The maximum absolute atomic E-state index is 13.1. The standard InChI is InChI=1S/C59H110O15/c1-3-5-7-9-11-13-15-17-19-21-23-25-27-29-31-33-35-37-39-41-50(61)69-44-47(72-51(62)42-40-38-36-34-32-30-28-26-24-22-20-18-16-14-12-10-8-6-4-2)45-70-58-57(68)55(66)53(64)49(74-58)46-71-59-56(67)54(65)52(63)48(43-60)73-59/h17,19,47-49,52-60,63-68H,3-16,18,20-46H2,1-2H3/b19-17+/t47-,48+,49+,52-,53-,54?,55?,56?,57?,58+,59+/m0/s1. The summed E-state index contributed by atoms with van der Waals surface area (Å²) in [6.45, 7) is 2.65. The van der Waals surface area contributed by atoms with Crippen molar-refractivity contribution in [2.75, 3.05) is 26.4 Å². The van der Waals surface area contributed by atoms with Gasteiger partial charge in [0.2, 0.25) is 0 Å². The summed E-state index contributed by atoms with van der Waals surface area (Å²) in [4.78, 5) is 25.9. The van der Waals surface area contributed by atoms with Gasteiger partial charge in [-0.25, -0.2) is 0 Å². The van der Waals surface area contributed by atoms with E-state index in [2.05, 4.69) is 26.0 Å². The molecule has 0 radical (unpaired) electrons. The second kappa shape index (κ2) is 46.2. The van der Waals surface area contributed by atoms with Gasteiger partial charge < -0.3 is 64.2 Å². The zero-order valence-electron chi connectivity index (χ0n) is 46.6. The number of allylic oxidation sites excluding steroid dienone is 2. The lowest BCUT2D eigenvalue weighted by atomic mass is 9.98. The van der Waals surface area contributed by atoms with Gasteiger partial charge in [-0.2, -0.15) is 0 Å². The van der Waals surface area contributed by atoms with E-state index in [1.165, 1.54) is 180 Å². The molecule has 0 amide bonds. The Morgan fingerprint density at radius 3 is 1.19 bits per heavy atom. The lowest BCUT2D eigenvalue weighted by Gasteiger charge is -2.42. The van der Waals surface area contributed by atoms with Crippen molar-refractivity contribution < 1.29 is 73.8 Å². The first-order valence-corrected chi connectivity index (χ1v) is 30.3. The van der Waals surface area contributed by atoms with Gasteiger partial charge in [0.15, 0.2) is 18.7 Å². The number of hydrogen-bond acceptors (Lipinski definition) is 15. The van der Waals surface area contributed by atoms with E-state index in [9.17, 15) is 45.3 Å². The van der Waals surface area contributed by atoms with Crippen molar-refractivity contribution in [1.29, 1.82) is 0 Å². The smallest absolute Gasteiger partial charge is 0.306 e. The number of unbranched alkanes of at least 4 members (excludes halogenated alkanes) is 33. The van der Waals surface area contributed by atoms with Gasteiger partial charge in [0.05, 0.1) is 19.8 Å². The van der Waals surface area contributed by atoms with Crippen molar-refractivity contribution in [2.24, 2.45) is 0 Å². The first-order chi connectivity index (χ1) is 36.0. The molecule has 7 N–H and O–H groups in total. The van der Waals surface area contributed by atoms with Crippen LogP contribution in [0.15, 0.2) is 12.2 Å². The van der Waals surface area contributed by atoms with E-state index in [1.807, 2.05) is 0 Å². The fourth-order valence-corrected chi connectivity index (χ4v) is 9.80. The van der Waals surface area contributed by atoms with Gasteiger partial charge in [0, 0.05) is 12.8 Å². The van der Waals surface area contributed by atoms with Crippen molar-refractivity contribution in [1.82, 2.24) is 0 Å². The van der Waals surface area contributed by atoms with Crippen molar-refractivity contribution in [3.63, 3.8) is 0 Å². The van der Waals surface area contributed by atoms with E-state index in [0.717, 1.165) is 38.5 Å². The third-order valence-corrected chi connectivity index (χ3v) is 14.7. The van der Waals surface area contributed by atoms with Gasteiger partial charge >= 0.3 is 11.9 Å².